The van der Waals surface area contributed by atoms with Gasteiger partial charge < -0.3 is 9.47 Å². The minimum Gasteiger partial charge on any atom is -0.465 e. The zero-order valence-electron chi connectivity index (χ0n) is 14.2. The number of rotatable bonds is 3. The molecule has 128 valence electrons. The van der Waals surface area contributed by atoms with Crippen LogP contribution in [0.4, 0.5) is 0 Å². The highest BCUT2D eigenvalue weighted by Crippen LogP contribution is 2.43. The third-order valence-electron chi connectivity index (χ3n) is 4.68. The monoisotopic (exact) mass is 330 g/mol. The van der Waals surface area contributed by atoms with Crippen LogP contribution >= 0.6 is 0 Å². The maximum Gasteiger partial charge on any atom is 0.311 e. The van der Waals surface area contributed by atoms with Crippen molar-refractivity contribution in [3.05, 3.63) is 35.4 Å². The second kappa shape index (κ2) is 6.04. The predicted molar refractivity (Wildman–Crippen MR) is 86.5 cm³/mol. The second-order valence-corrected chi connectivity index (χ2v) is 7.50. The Bertz CT molecular complexity index is 685. The first kappa shape index (κ1) is 16.7. The molecule has 3 rings (SSSR count). The summed E-state index contributed by atoms with van der Waals surface area (Å²) in [4.78, 5) is 36.2. The molecule has 0 saturated carbocycles. The third kappa shape index (κ3) is 2.95. The van der Waals surface area contributed by atoms with Crippen molar-refractivity contribution in [2.24, 2.45) is 11.3 Å². The van der Waals surface area contributed by atoms with E-state index in [-0.39, 0.29) is 36.7 Å². The topological polar surface area (TPSA) is 69.7 Å². The molecular formula is C19H22O5. The Hall–Kier alpha value is -2.17. The number of esters is 2. The number of benzene rings is 1. The van der Waals surface area contributed by atoms with Gasteiger partial charge in [-0.25, -0.2) is 0 Å². The lowest BCUT2D eigenvalue weighted by Crippen LogP contribution is -2.37. The lowest BCUT2D eigenvalue weighted by atomic mass is 9.72. The molecule has 1 heterocycles. The van der Waals surface area contributed by atoms with Crippen molar-refractivity contribution in [3.8, 4) is 0 Å². The first-order chi connectivity index (χ1) is 11.3. The van der Waals surface area contributed by atoms with Gasteiger partial charge in [-0.1, -0.05) is 24.3 Å². The second-order valence-electron chi connectivity index (χ2n) is 7.50. The van der Waals surface area contributed by atoms with E-state index >= 15 is 0 Å². The number of hydrogen-bond acceptors (Lipinski definition) is 5. The van der Waals surface area contributed by atoms with Crippen LogP contribution in [0.25, 0.3) is 0 Å². The molecule has 0 amide bonds. The van der Waals surface area contributed by atoms with E-state index in [0.717, 1.165) is 5.56 Å². The molecule has 5 heteroatoms. The molecule has 1 aromatic carbocycles. The first-order valence-corrected chi connectivity index (χ1v) is 8.29. The predicted octanol–water partition coefficient (Wildman–Crippen LogP) is 2.88. The molecule has 0 N–H and O–H groups in total. The quantitative estimate of drug-likeness (QED) is 0.797. The van der Waals surface area contributed by atoms with Crippen LogP contribution in [0.2, 0.25) is 0 Å². The molecule has 1 aliphatic carbocycles. The maximum atomic E-state index is 12.6. The summed E-state index contributed by atoms with van der Waals surface area (Å²) in [5, 5.41) is 0. The minimum absolute atomic E-state index is 0.0237. The molecule has 1 aromatic rings. The Balaban J connectivity index is 1.80. The summed E-state index contributed by atoms with van der Waals surface area (Å²) in [6.07, 6.45) is 0.213. The number of ketones is 1. The van der Waals surface area contributed by atoms with E-state index in [9.17, 15) is 14.4 Å². The van der Waals surface area contributed by atoms with Gasteiger partial charge in [-0.15, -0.1) is 0 Å². The molecule has 1 saturated heterocycles. The largest absolute Gasteiger partial charge is 0.465 e. The molecule has 3 atom stereocenters. The van der Waals surface area contributed by atoms with Gasteiger partial charge in [0, 0.05) is 11.5 Å². The van der Waals surface area contributed by atoms with Crippen molar-refractivity contribution in [3.63, 3.8) is 0 Å². The summed E-state index contributed by atoms with van der Waals surface area (Å²) < 4.78 is 10.8. The molecule has 2 aliphatic rings. The fraction of sp³-hybridized carbons (Fsp3) is 0.526. The van der Waals surface area contributed by atoms with Crippen molar-refractivity contribution in [2.45, 2.75) is 45.6 Å². The standard InChI is InChI=1S/C19H22O5/c1-19(2,3)18(22)23-9-8-13-11-6-4-5-7-12(11)16(21)14-10-15(20)24-17(13)14/h4-7,13-14,17H,8-10H2,1-3H3/t13-,14-,17+/m1/s1. The Morgan fingerprint density at radius 3 is 2.67 bits per heavy atom. The van der Waals surface area contributed by atoms with Gasteiger partial charge in [-0.2, -0.15) is 0 Å². The average molecular weight is 330 g/mol. The minimum atomic E-state index is -0.553. The zero-order chi connectivity index (χ0) is 17.5. The van der Waals surface area contributed by atoms with Crippen LogP contribution in [0.1, 0.15) is 55.5 Å². The van der Waals surface area contributed by atoms with Gasteiger partial charge in [-0.3, -0.25) is 14.4 Å². The van der Waals surface area contributed by atoms with Crippen LogP contribution < -0.4 is 0 Å². The van der Waals surface area contributed by atoms with Gasteiger partial charge in [0.05, 0.1) is 24.4 Å². The van der Waals surface area contributed by atoms with Gasteiger partial charge in [0.15, 0.2) is 5.78 Å². The summed E-state index contributed by atoms with van der Waals surface area (Å²) in [6.45, 7) is 5.65. The van der Waals surface area contributed by atoms with Crippen molar-refractivity contribution >= 4 is 17.7 Å². The maximum absolute atomic E-state index is 12.6. The summed E-state index contributed by atoms with van der Waals surface area (Å²) in [6, 6.07) is 7.39. The highest BCUT2D eigenvalue weighted by atomic mass is 16.6. The van der Waals surface area contributed by atoms with E-state index in [1.807, 2.05) is 18.2 Å². The molecule has 1 aliphatic heterocycles. The third-order valence-corrected chi connectivity index (χ3v) is 4.68. The van der Waals surface area contributed by atoms with E-state index in [1.165, 1.54) is 0 Å². The fourth-order valence-electron chi connectivity index (χ4n) is 3.42. The smallest absolute Gasteiger partial charge is 0.311 e. The molecule has 5 nitrogen and oxygen atoms in total. The van der Waals surface area contributed by atoms with E-state index in [4.69, 9.17) is 9.47 Å². The number of hydrogen-bond donors (Lipinski definition) is 0. The summed E-state index contributed by atoms with van der Waals surface area (Å²) in [5.41, 5.74) is 0.984. The Labute approximate surface area is 141 Å². The normalized spacial score (nSPS) is 25.7. The van der Waals surface area contributed by atoms with Crippen LogP contribution in [0.5, 0.6) is 0 Å². The zero-order valence-corrected chi connectivity index (χ0v) is 14.2. The lowest BCUT2D eigenvalue weighted by Gasteiger charge is -2.33. The number of fused-ring (bicyclic) bond motifs is 2. The molecule has 0 unspecified atom stereocenters. The van der Waals surface area contributed by atoms with Gasteiger partial charge in [0.25, 0.3) is 0 Å². The number of carbonyl (C=O) groups excluding carboxylic acids is 3. The van der Waals surface area contributed by atoms with E-state index in [2.05, 4.69) is 0 Å². The molecule has 24 heavy (non-hydrogen) atoms. The van der Waals surface area contributed by atoms with Crippen LogP contribution in [0, 0.1) is 11.3 Å². The highest BCUT2D eigenvalue weighted by Gasteiger charge is 2.49. The summed E-state index contributed by atoms with van der Waals surface area (Å²) in [7, 11) is 0. The molecule has 0 aromatic heterocycles. The average Bonchev–Trinajstić information content (AvgIpc) is 2.91. The van der Waals surface area contributed by atoms with E-state index < -0.39 is 17.4 Å². The summed E-state index contributed by atoms with van der Waals surface area (Å²) >= 11 is 0. The van der Waals surface area contributed by atoms with Crippen LogP contribution in [-0.4, -0.2) is 30.4 Å². The fourth-order valence-corrected chi connectivity index (χ4v) is 3.42. The molecule has 1 fully saturated rings. The molecule has 0 spiro atoms. The van der Waals surface area contributed by atoms with Gasteiger partial charge >= 0.3 is 11.9 Å². The van der Waals surface area contributed by atoms with Crippen molar-refractivity contribution in [1.82, 2.24) is 0 Å². The lowest BCUT2D eigenvalue weighted by molar-refractivity contribution is -0.154. The van der Waals surface area contributed by atoms with E-state index in [1.54, 1.807) is 26.8 Å². The van der Waals surface area contributed by atoms with Gasteiger partial charge in [-0.05, 0) is 32.8 Å². The summed E-state index contributed by atoms with van der Waals surface area (Å²) in [5.74, 6) is -1.16. The van der Waals surface area contributed by atoms with Crippen molar-refractivity contribution in [1.29, 1.82) is 0 Å². The van der Waals surface area contributed by atoms with Gasteiger partial charge in [0.1, 0.15) is 6.10 Å². The van der Waals surface area contributed by atoms with Crippen molar-refractivity contribution < 1.29 is 23.9 Å². The first-order valence-electron chi connectivity index (χ1n) is 8.29. The highest BCUT2D eigenvalue weighted by molar-refractivity contribution is 6.03. The Morgan fingerprint density at radius 2 is 1.96 bits per heavy atom. The molecular weight excluding hydrogens is 308 g/mol. The van der Waals surface area contributed by atoms with E-state index in [0.29, 0.717) is 12.0 Å². The number of Topliss-reactive ketones (excluding diaryl/α,β-unsaturated/α-hetero) is 1. The number of carbonyl (C=O) groups is 3. The van der Waals surface area contributed by atoms with Gasteiger partial charge in [0.2, 0.25) is 0 Å². The molecule has 0 radical (unpaired) electrons. The van der Waals surface area contributed by atoms with Crippen LogP contribution in [-0.2, 0) is 19.1 Å². The molecule has 0 bridgehead atoms. The van der Waals surface area contributed by atoms with Crippen LogP contribution in [0.3, 0.4) is 0 Å². The Kier molecular flexibility index (Phi) is 4.20. The SMILES string of the molecule is CC(C)(C)C(=O)OCC[C@@H]1c2ccccc2C(=O)[C@H]2CC(=O)O[C@H]21. The Morgan fingerprint density at radius 1 is 1.25 bits per heavy atom. The number of ether oxygens (including phenoxy) is 2. The van der Waals surface area contributed by atoms with Crippen LogP contribution in [0.15, 0.2) is 24.3 Å². The van der Waals surface area contributed by atoms with Crippen molar-refractivity contribution in [2.75, 3.05) is 6.61 Å².